The lowest BCUT2D eigenvalue weighted by Crippen LogP contribution is -1.84. The molecule has 188 valence electrons. The predicted molar refractivity (Wildman–Crippen MR) is 132 cm³/mol. The van der Waals surface area contributed by atoms with Crippen LogP contribution in [0.3, 0.4) is 0 Å². The summed E-state index contributed by atoms with van der Waals surface area (Å²) in [5, 5.41) is 0. The van der Waals surface area contributed by atoms with Crippen molar-refractivity contribution in [2.45, 2.75) is 12.8 Å². The first kappa shape index (κ1) is 22.9. The third-order valence-electron chi connectivity index (χ3n) is 5.14. The SMILES string of the molecule is C=CCc1nc(-c2nc(-c3nc(C=CCc4nc(-c5nc(-c6nc(C=C)co6)co5)co4)co3)co2)co1. The lowest BCUT2D eigenvalue weighted by molar-refractivity contribution is 0.508. The molecular weight excluding hydrogens is 492 g/mol. The molecule has 0 fully saturated rings. The zero-order valence-electron chi connectivity index (χ0n) is 19.7. The second-order valence-corrected chi connectivity index (χ2v) is 7.79. The molecular formula is C26H18N6O6. The molecule has 12 heteroatoms. The molecule has 0 aliphatic heterocycles. The van der Waals surface area contributed by atoms with Gasteiger partial charge in [0, 0.05) is 12.8 Å². The van der Waals surface area contributed by atoms with Gasteiger partial charge in [0.1, 0.15) is 49.0 Å². The molecule has 6 aromatic heterocycles. The van der Waals surface area contributed by atoms with Crippen molar-refractivity contribution >= 4 is 12.2 Å². The van der Waals surface area contributed by atoms with Crippen molar-refractivity contribution in [3.05, 3.63) is 86.1 Å². The van der Waals surface area contributed by atoms with Gasteiger partial charge in [-0.3, -0.25) is 0 Å². The predicted octanol–water partition coefficient (Wildman–Crippen LogP) is 5.91. The topological polar surface area (TPSA) is 156 Å². The summed E-state index contributed by atoms with van der Waals surface area (Å²) in [6.07, 6.45) is 16.6. The first-order valence-electron chi connectivity index (χ1n) is 11.3. The van der Waals surface area contributed by atoms with Crippen LogP contribution in [0.25, 0.3) is 58.5 Å². The Kier molecular flexibility index (Phi) is 5.94. The summed E-state index contributed by atoms with van der Waals surface area (Å²) in [6.45, 7) is 7.31. The summed E-state index contributed by atoms with van der Waals surface area (Å²) in [5.74, 6) is 2.21. The van der Waals surface area contributed by atoms with Crippen LogP contribution in [0.2, 0.25) is 0 Å². The van der Waals surface area contributed by atoms with Gasteiger partial charge in [0.05, 0.1) is 0 Å². The normalized spacial score (nSPS) is 11.5. The molecule has 12 nitrogen and oxygen atoms in total. The molecule has 6 heterocycles. The minimum Gasteiger partial charge on any atom is -0.448 e. The van der Waals surface area contributed by atoms with Crippen LogP contribution in [0.5, 0.6) is 0 Å². The van der Waals surface area contributed by atoms with Gasteiger partial charge >= 0.3 is 0 Å². The molecule has 0 aliphatic carbocycles. The Balaban J connectivity index is 1.08. The highest BCUT2D eigenvalue weighted by atomic mass is 16.4. The van der Waals surface area contributed by atoms with Crippen LogP contribution in [0.15, 0.2) is 89.4 Å². The van der Waals surface area contributed by atoms with Gasteiger partial charge in [-0.25, -0.2) is 29.9 Å². The number of aromatic nitrogens is 6. The minimum atomic E-state index is 0.285. The Hall–Kier alpha value is -5.52. The van der Waals surface area contributed by atoms with Crippen LogP contribution in [0, 0.1) is 0 Å². The number of allylic oxidation sites excluding steroid dienone is 2. The number of hydrogen-bond acceptors (Lipinski definition) is 12. The van der Waals surface area contributed by atoms with Gasteiger partial charge in [0.15, 0.2) is 34.6 Å². The Morgan fingerprint density at radius 1 is 0.526 bits per heavy atom. The average molecular weight is 510 g/mol. The van der Waals surface area contributed by atoms with E-state index >= 15 is 0 Å². The average Bonchev–Trinajstić information content (AvgIpc) is 3.77. The first-order chi connectivity index (χ1) is 18.7. The van der Waals surface area contributed by atoms with Crippen LogP contribution in [-0.2, 0) is 12.8 Å². The molecule has 6 aromatic rings. The first-order valence-corrected chi connectivity index (χ1v) is 11.3. The summed E-state index contributed by atoms with van der Waals surface area (Å²) < 4.78 is 32.8. The van der Waals surface area contributed by atoms with E-state index in [9.17, 15) is 0 Å². The van der Waals surface area contributed by atoms with Crippen LogP contribution in [0.4, 0.5) is 0 Å². The number of nitrogens with zero attached hydrogens (tertiary/aromatic N) is 6. The minimum absolute atomic E-state index is 0.285. The van der Waals surface area contributed by atoms with Crippen molar-refractivity contribution in [2.75, 3.05) is 0 Å². The van der Waals surface area contributed by atoms with E-state index in [0.717, 1.165) is 0 Å². The van der Waals surface area contributed by atoms with E-state index in [4.69, 9.17) is 26.5 Å². The van der Waals surface area contributed by atoms with Crippen LogP contribution in [0.1, 0.15) is 23.2 Å². The Bertz CT molecular complexity index is 1740. The van der Waals surface area contributed by atoms with Gasteiger partial charge in [-0.2, -0.15) is 0 Å². The molecule has 38 heavy (non-hydrogen) atoms. The van der Waals surface area contributed by atoms with E-state index < -0.39 is 0 Å². The molecule has 0 radical (unpaired) electrons. The Morgan fingerprint density at radius 3 is 1.58 bits per heavy atom. The van der Waals surface area contributed by atoms with E-state index in [1.807, 2.05) is 6.08 Å². The summed E-state index contributed by atoms with van der Waals surface area (Å²) in [5.41, 5.74) is 3.00. The monoisotopic (exact) mass is 510 g/mol. The zero-order valence-corrected chi connectivity index (χ0v) is 19.7. The summed E-state index contributed by atoms with van der Waals surface area (Å²) >= 11 is 0. The molecule has 0 saturated carbocycles. The maximum absolute atomic E-state index is 5.54. The molecule has 6 rings (SSSR count). The third kappa shape index (κ3) is 4.65. The van der Waals surface area contributed by atoms with Gasteiger partial charge in [-0.15, -0.1) is 6.58 Å². The smallest absolute Gasteiger partial charge is 0.249 e. The van der Waals surface area contributed by atoms with E-state index in [-0.39, 0.29) is 5.89 Å². The van der Waals surface area contributed by atoms with Gasteiger partial charge in [0.2, 0.25) is 23.6 Å². The van der Waals surface area contributed by atoms with E-state index in [2.05, 4.69) is 43.1 Å². The maximum Gasteiger partial charge on any atom is 0.249 e. The number of rotatable bonds is 10. The quantitative estimate of drug-likeness (QED) is 0.201. The van der Waals surface area contributed by atoms with Crippen molar-refractivity contribution in [2.24, 2.45) is 0 Å². The molecule has 0 aromatic carbocycles. The lowest BCUT2D eigenvalue weighted by Gasteiger charge is -1.87. The highest BCUT2D eigenvalue weighted by molar-refractivity contribution is 5.56. The molecule has 0 N–H and O–H groups in total. The van der Waals surface area contributed by atoms with Gasteiger partial charge < -0.3 is 26.5 Å². The van der Waals surface area contributed by atoms with Gasteiger partial charge in [-0.05, 0) is 12.2 Å². The molecule has 0 unspecified atom stereocenters. The van der Waals surface area contributed by atoms with Crippen molar-refractivity contribution < 1.29 is 26.5 Å². The summed E-state index contributed by atoms with van der Waals surface area (Å²) in [7, 11) is 0. The van der Waals surface area contributed by atoms with E-state index in [0.29, 0.717) is 76.5 Å². The molecule has 0 atom stereocenters. The second kappa shape index (κ2) is 9.85. The van der Waals surface area contributed by atoms with E-state index in [1.165, 1.54) is 37.6 Å². The standard InChI is InChI=1S/C26H18N6O6/c1-3-6-21-29-17(11-33-21)25-32-20(14-38-25)24-28-16(10-36-24)7-5-8-22-30-18(12-34-22)26-31-19(13-37-26)23-27-15(4-2)9-35-23/h3-5,7,9-14H,1-2,6,8H2. The highest BCUT2D eigenvalue weighted by Gasteiger charge is 2.17. The third-order valence-corrected chi connectivity index (χ3v) is 5.14. The van der Waals surface area contributed by atoms with Gasteiger partial charge in [-0.1, -0.05) is 18.7 Å². The fraction of sp³-hybridized carbons (Fsp3) is 0.0769. The molecule has 0 amide bonds. The van der Waals surface area contributed by atoms with Crippen molar-refractivity contribution in [1.82, 2.24) is 29.9 Å². The lowest BCUT2D eigenvalue weighted by atomic mass is 10.3. The summed E-state index contributed by atoms with van der Waals surface area (Å²) in [6, 6.07) is 0. The fourth-order valence-electron chi connectivity index (χ4n) is 3.37. The highest BCUT2D eigenvalue weighted by Crippen LogP contribution is 2.26. The maximum atomic E-state index is 5.54. The molecule has 0 spiro atoms. The Morgan fingerprint density at radius 2 is 1.00 bits per heavy atom. The zero-order chi connectivity index (χ0) is 25.9. The number of oxazole rings is 6. The van der Waals surface area contributed by atoms with Crippen LogP contribution < -0.4 is 0 Å². The molecule has 0 aliphatic rings. The van der Waals surface area contributed by atoms with Crippen molar-refractivity contribution in [3.63, 3.8) is 0 Å². The fourth-order valence-corrected chi connectivity index (χ4v) is 3.37. The second-order valence-electron chi connectivity index (χ2n) is 7.79. The van der Waals surface area contributed by atoms with Crippen molar-refractivity contribution in [1.29, 1.82) is 0 Å². The van der Waals surface area contributed by atoms with Gasteiger partial charge in [0.25, 0.3) is 0 Å². The van der Waals surface area contributed by atoms with Crippen molar-refractivity contribution in [3.8, 4) is 46.3 Å². The van der Waals surface area contributed by atoms with E-state index in [1.54, 1.807) is 18.2 Å². The van der Waals surface area contributed by atoms with Crippen LogP contribution in [-0.4, -0.2) is 29.9 Å². The Labute approximate surface area is 214 Å². The molecule has 0 saturated heterocycles. The van der Waals surface area contributed by atoms with Crippen LogP contribution >= 0.6 is 0 Å². The largest absolute Gasteiger partial charge is 0.448 e. The summed E-state index contributed by atoms with van der Waals surface area (Å²) in [4.78, 5) is 26.1. The number of hydrogen-bond donors (Lipinski definition) is 0. The molecule has 0 bridgehead atoms.